The lowest BCUT2D eigenvalue weighted by Gasteiger charge is -2.29. The normalized spacial score (nSPS) is 29.9. The van der Waals surface area contributed by atoms with Gasteiger partial charge >= 0.3 is 0 Å². The highest BCUT2D eigenvalue weighted by Gasteiger charge is 2.59. The maximum absolute atomic E-state index is 13.7. The molecule has 1 amide bonds. The van der Waals surface area contributed by atoms with Crippen molar-refractivity contribution in [2.75, 3.05) is 0 Å². The summed E-state index contributed by atoms with van der Waals surface area (Å²) in [6.45, 7) is 1.61. The molecule has 0 aromatic heterocycles. The predicted octanol–water partition coefficient (Wildman–Crippen LogP) is 3.79. The van der Waals surface area contributed by atoms with E-state index in [0.717, 1.165) is 6.07 Å². The fourth-order valence-corrected chi connectivity index (χ4v) is 3.98. The number of hydrogen-bond donors (Lipinski definition) is 0. The van der Waals surface area contributed by atoms with Crippen LogP contribution in [0.1, 0.15) is 49.8 Å². The van der Waals surface area contributed by atoms with Crippen LogP contribution in [0.15, 0.2) is 18.2 Å². The van der Waals surface area contributed by atoms with Gasteiger partial charge in [0.05, 0.1) is 17.7 Å². The van der Waals surface area contributed by atoms with E-state index >= 15 is 0 Å². The van der Waals surface area contributed by atoms with E-state index in [1.54, 1.807) is 6.92 Å². The molecule has 0 radical (unpaired) electrons. The van der Waals surface area contributed by atoms with Gasteiger partial charge < -0.3 is 4.90 Å². The highest BCUT2D eigenvalue weighted by Crippen LogP contribution is 2.52. The summed E-state index contributed by atoms with van der Waals surface area (Å²) in [5.41, 5.74) is -0.932. The number of fused-ring (bicyclic) bond motifs is 1. The second kappa shape index (κ2) is 5.55. The Morgan fingerprint density at radius 1 is 1.39 bits per heavy atom. The van der Waals surface area contributed by atoms with Crippen molar-refractivity contribution in [1.29, 1.82) is 5.26 Å². The molecule has 0 aliphatic carbocycles. The molecule has 0 saturated carbocycles. The molecule has 2 fully saturated rings. The van der Waals surface area contributed by atoms with Gasteiger partial charge in [-0.1, -0.05) is 6.92 Å². The minimum Gasteiger partial charge on any atom is -0.332 e. The number of nitrogens with zero attached hydrogens (tertiary/aromatic N) is 2. The molecule has 6 heteroatoms. The zero-order chi connectivity index (χ0) is 16.8. The van der Waals surface area contributed by atoms with Gasteiger partial charge in [-0.25, -0.2) is 13.2 Å². The third-order valence-corrected chi connectivity index (χ3v) is 5.25. The number of hydrogen-bond acceptors (Lipinski definition) is 2. The van der Waals surface area contributed by atoms with Crippen LogP contribution in [0.4, 0.5) is 13.2 Å². The van der Waals surface area contributed by atoms with Crippen molar-refractivity contribution in [3.63, 3.8) is 0 Å². The minimum atomic E-state index is -2.70. The van der Waals surface area contributed by atoms with Crippen molar-refractivity contribution < 1.29 is 18.0 Å². The molecule has 3 nitrogen and oxygen atoms in total. The monoisotopic (exact) mass is 322 g/mol. The van der Waals surface area contributed by atoms with E-state index in [9.17, 15) is 18.0 Å². The van der Waals surface area contributed by atoms with Gasteiger partial charge in [-0.05, 0) is 49.4 Å². The first-order valence-corrected chi connectivity index (χ1v) is 7.74. The van der Waals surface area contributed by atoms with Crippen LogP contribution in [-0.4, -0.2) is 23.3 Å². The summed E-state index contributed by atoms with van der Waals surface area (Å²) in [4.78, 5) is 14.2. The Balaban J connectivity index is 1.98. The summed E-state index contributed by atoms with van der Waals surface area (Å²) >= 11 is 0. The molecule has 2 saturated heterocycles. The van der Waals surface area contributed by atoms with Crippen LogP contribution in [0, 0.1) is 22.6 Å². The van der Waals surface area contributed by atoms with Crippen molar-refractivity contribution in [3.8, 4) is 6.07 Å². The highest BCUT2D eigenvalue weighted by atomic mass is 19.3. The van der Waals surface area contributed by atoms with Crippen LogP contribution in [-0.2, 0) is 4.79 Å². The molecule has 3 atom stereocenters. The van der Waals surface area contributed by atoms with Crippen LogP contribution >= 0.6 is 0 Å². The summed E-state index contributed by atoms with van der Waals surface area (Å²) in [5.74, 6) is -1.09. The molecule has 3 rings (SSSR count). The van der Waals surface area contributed by atoms with Gasteiger partial charge in [-0.2, -0.15) is 5.26 Å². The summed E-state index contributed by atoms with van der Waals surface area (Å²) in [5, 5.41) is 8.97. The van der Waals surface area contributed by atoms with Crippen molar-refractivity contribution in [2.24, 2.45) is 5.41 Å². The van der Waals surface area contributed by atoms with E-state index in [1.165, 1.54) is 17.0 Å². The van der Waals surface area contributed by atoms with Gasteiger partial charge in [-0.15, -0.1) is 0 Å². The van der Waals surface area contributed by atoms with Crippen molar-refractivity contribution in [2.45, 2.75) is 51.1 Å². The van der Waals surface area contributed by atoms with Crippen LogP contribution in [0.25, 0.3) is 0 Å². The Morgan fingerprint density at radius 3 is 2.74 bits per heavy atom. The quantitative estimate of drug-likeness (QED) is 0.850. The zero-order valence-corrected chi connectivity index (χ0v) is 12.7. The van der Waals surface area contributed by atoms with E-state index < -0.39 is 29.6 Å². The number of benzene rings is 1. The van der Waals surface area contributed by atoms with Crippen molar-refractivity contribution >= 4 is 5.91 Å². The zero-order valence-electron chi connectivity index (χ0n) is 12.7. The maximum atomic E-state index is 13.7. The van der Waals surface area contributed by atoms with Crippen molar-refractivity contribution in [3.05, 3.63) is 35.1 Å². The molecule has 2 aliphatic rings. The van der Waals surface area contributed by atoms with Crippen LogP contribution in [0.3, 0.4) is 0 Å². The summed E-state index contributed by atoms with van der Waals surface area (Å²) in [6, 6.07) is 5.18. The number of rotatable bonds is 3. The molecule has 2 aliphatic heterocycles. The molecule has 2 heterocycles. The fourth-order valence-electron chi connectivity index (χ4n) is 3.98. The minimum absolute atomic E-state index is 0.0931. The Hall–Kier alpha value is -2.03. The fraction of sp³-hybridized carbons (Fsp3) is 0.529. The summed E-state index contributed by atoms with van der Waals surface area (Å²) in [7, 11) is 0. The molecule has 1 aromatic carbocycles. The standard InChI is InChI=1S/C17H17F3N2O/c1-2-17(15(19)20)8-13-3-4-14(22(13)16(17)23)11-5-10(9-21)6-12(18)7-11/h5-7,13-15H,2-4,8H2,1H3/t13-,14?,17?/m0/s1. The number of nitriles is 1. The Labute approximate surface area is 132 Å². The number of halogens is 3. The van der Waals surface area contributed by atoms with Gasteiger partial charge in [0.15, 0.2) is 0 Å². The molecule has 122 valence electrons. The van der Waals surface area contributed by atoms with Crippen LogP contribution in [0.2, 0.25) is 0 Å². The van der Waals surface area contributed by atoms with Gasteiger partial charge in [-0.3, -0.25) is 4.79 Å². The lowest BCUT2D eigenvalue weighted by atomic mass is 9.81. The number of carbonyl (C=O) groups excluding carboxylic acids is 1. The second-order valence-corrected chi connectivity index (χ2v) is 6.36. The number of amides is 1. The second-order valence-electron chi connectivity index (χ2n) is 6.36. The first-order chi connectivity index (χ1) is 10.9. The van der Waals surface area contributed by atoms with Gasteiger partial charge in [0.25, 0.3) is 6.43 Å². The number of carbonyl (C=O) groups is 1. The molecular weight excluding hydrogens is 305 g/mol. The van der Waals surface area contributed by atoms with Crippen LogP contribution < -0.4 is 0 Å². The lowest BCUT2D eigenvalue weighted by Crippen LogP contribution is -2.40. The van der Waals surface area contributed by atoms with E-state index in [2.05, 4.69) is 0 Å². The largest absolute Gasteiger partial charge is 0.332 e. The maximum Gasteiger partial charge on any atom is 0.252 e. The van der Waals surface area contributed by atoms with E-state index in [-0.39, 0.29) is 24.4 Å². The smallest absolute Gasteiger partial charge is 0.252 e. The summed E-state index contributed by atoms with van der Waals surface area (Å²) < 4.78 is 40.7. The van der Waals surface area contributed by atoms with E-state index in [0.29, 0.717) is 18.4 Å². The lowest BCUT2D eigenvalue weighted by molar-refractivity contribution is -0.146. The first-order valence-electron chi connectivity index (χ1n) is 7.74. The SMILES string of the molecule is CCC1(C(F)F)C[C@@H]2CCC(c3cc(F)cc(C#N)c3)N2C1=O. The van der Waals surface area contributed by atoms with Gasteiger partial charge in [0, 0.05) is 6.04 Å². The van der Waals surface area contributed by atoms with E-state index in [1.807, 2.05) is 6.07 Å². The Bertz CT molecular complexity index is 685. The molecule has 2 unspecified atom stereocenters. The Morgan fingerprint density at radius 2 is 2.13 bits per heavy atom. The third-order valence-electron chi connectivity index (χ3n) is 5.25. The molecule has 23 heavy (non-hydrogen) atoms. The average molecular weight is 322 g/mol. The van der Waals surface area contributed by atoms with Crippen LogP contribution in [0.5, 0.6) is 0 Å². The average Bonchev–Trinajstić information content (AvgIpc) is 3.05. The topological polar surface area (TPSA) is 44.1 Å². The molecule has 1 aromatic rings. The molecule has 0 bridgehead atoms. The molecule has 0 spiro atoms. The third kappa shape index (κ3) is 2.30. The first kappa shape index (κ1) is 15.9. The van der Waals surface area contributed by atoms with Crippen molar-refractivity contribution in [1.82, 2.24) is 4.90 Å². The molecule has 0 N–H and O–H groups in total. The highest BCUT2D eigenvalue weighted by molar-refractivity contribution is 5.86. The summed E-state index contributed by atoms with van der Waals surface area (Å²) in [6.07, 6.45) is -1.22. The van der Waals surface area contributed by atoms with Gasteiger partial charge in [0.1, 0.15) is 11.2 Å². The predicted molar refractivity (Wildman–Crippen MR) is 77.1 cm³/mol. The Kier molecular flexibility index (Phi) is 3.83. The molecular formula is C17H17F3N2O. The van der Waals surface area contributed by atoms with E-state index in [4.69, 9.17) is 5.26 Å². The number of alkyl halides is 2. The van der Waals surface area contributed by atoms with Gasteiger partial charge in [0.2, 0.25) is 5.91 Å².